The van der Waals surface area contributed by atoms with E-state index in [1.54, 1.807) is 7.05 Å². The maximum atomic E-state index is 13.2. The molecule has 31 heavy (non-hydrogen) atoms. The minimum absolute atomic E-state index is 0.00140. The molecule has 0 saturated heterocycles. The molecule has 0 atom stereocenters. The molecule has 0 aliphatic rings. The minimum Gasteiger partial charge on any atom is -0.324 e. The Morgan fingerprint density at radius 2 is 1.87 bits per heavy atom. The van der Waals surface area contributed by atoms with Gasteiger partial charge in [0.05, 0.1) is 39.8 Å². The Balaban J connectivity index is 2.03. The maximum Gasteiger partial charge on any atom is 0.433 e. The van der Waals surface area contributed by atoms with E-state index in [1.165, 1.54) is 47.6 Å². The second-order valence-electron chi connectivity index (χ2n) is 6.72. The molecule has 0 N–H and O–H groups in total. The van der Waals surface area contributed by atoms with E-state index in [2.05, 4.69) is 25.3 Å². The summed E-state index contributed by atoms with van der Waals surface area (Å²) in [6.45, 7) is 2.93. The third-order valence-corrected chi connectivity index (χ3v) is 6.50. The molecule has 0 fully saturated rings. The molecule has 4 rings (SSSR count). The van der Waals surface area contributed by atoms with E-state index in [0.717, 1.165) is 6.07 Å². The van der Waals surface area contributed by atoms with Gasteiger partial charge in [0, 0.05) is 7.05 Å². The predicted octanol–water partition coefficient (Wildman–Crippen LogP) is 2.73. The van der Waals surface area contributed by atoms with E-state index in [9.17, 15) is 21.6 Å². The molecule has 0 radical (unpaired) electrons. The smallest absolute Gasteiger partial charge is 0.324 e. The van der Waals surface area contributed by atoms with Crippen molar-refractivity contribution in [3.05, 3.63) is 42.0 Å². The van der Waals surface area contributed by atoms with Crippen LogP contribution in [0, 0.1) is 6.92 Å². The Kier molecular flexibility index (Phi) is 4.80. The van der Waals surface area contributed by atoms with Crippen LogP contribution in [0.25, 0.3) is 28.4 Å². The Bertz CT molecular complexity index is 1390. The van der Waals surface area contributed by atoms with Crippen LogP contribution in [0.4, 0.5) is 13.2 Å². The lowest BCUT2D eigenvalue weighted by Gasteiger charge is -2.11. The van der Waals surface area contributed by atoms with Crippen molar-refractivity contribution >= 4 is 20.9 Å². The van der Waals surface area contributed by atoms with Gasteiger partial charge in [-0.25, -0.2) is 28.1 Å². The number of rotatable bonds is 4. The number of halogens is 3. The number of sulfone groups is 1. The molecule has 4 aromatic heterocycles. The number of aromatic nitrogens is 7. The van der Waals surface area contributed by atoms with Crippen LogP contribution >= 0.6 is 0 Å². The van der Waals surface area contributed by atoms with Crippen molar-refractivity contribution in [1.29, 1.82) is 0 Å². The first-order valence-corrected chi connectivity index (χ1v) is 10.7. The molecule has 13 heteroatoms. The molecule has 0 aliphatic heterocycles. The molecular weight excluding hydrogens is 435 g/mol. The normalized spacial score (nSPS) is 12.6. The van der Waals surface area contributed by atoms with Gasteiger partial charge in [0.25, 0.3) is 0 Å². The molecule has 0 saturated carbocycles. The number of alkyl halides is 3. The van der Waals surface area contributed by atoms with Crippen molar-refractivity contribution in [1.82, 2.24) is 34.5 Å². The molecule has 0 spiro atoms. The number of hydrogen-bond donors (Lipinski definition) is 0. The fraction of sp³-hybridized carbons (Fsp3) is 0.278. The first-order chi connectivity index (χ1) is 14.5. The summed E-state index contributed by atoms with van der Waals surface area (Å²) < 4.78 is 67.8. The molecule has 9 nitrogen and oxygen atoms in total. The lowest BCUT2D eigenvalue weighted by Crippen LogP contribution is -2.11. The van der Waals surface area contributed by atoms with Crippen LogP contribution in [0.2, 0.25) is 0 Å². The summed E-state index contributed by atoms with van der Waals surface area (Å²) in [5.74, 6) is 0.182. The van der Waals surface area contributed by atoms with Crippen LogP contribution in [0.5, 0.6) is 0 Å². The Labute approximate surface area is 174 Å². The number of imidazole rings is 1. The van der Waals surface area contributed by atoms with Crippen molar-refractivity contribution in [2.45, 2.75) is 24.9 Å². The number of pyridine rings is 2. The van der Waals surface area contributed by atoms with Crippen molar-refractivity contribution in [3.8, 4) is 17.3 Å². The highest BCUT2D eigenvalue weighted by Crippen LogP contribution is 2.34. The van der Waals surface area contributed by atoms with Crippen molar-refractivity contribution in [2.24, 2.45) is 7.05 Å². The molecule has 4 aromatic rings. The Morgan fingerprint density at radius 1 is 1.13 bits per heavy atom. The zero-order valence-corrected chi connectivity index (χ0v) is 17.4. The van der Waals surface area contributed by atoms with Gasteiger partial charge in [-0.1, -0.05) is 12.1 Å². The van der Waals surface area contributed by atoms with Gasteiger partial charge in [0.1, 0.15) is 11.4 Å². The van der Waals surface area contributed by atoms with Gasteiger partial charge in [-0.05, 0) is 25.1 Å². The van der Waals surface area contributed by atoms with Crippen LogP contribution in [-0.2, 0) is 23.1 Å². The predicted molar refractivity (Wildman–Crippen MR) is 104 cm³/mol. The summed E-state index contributed by atoms with van der Waals surface area (Å²) in [4.78, 5) is 12.3. The maximum absolute atomic E-state index is 13.2. The molecule has 0 unspecified atom stereocenters. The highest BCUT2D eigenvalue weighted by atomic mass is 32.2. The highest BCUT2D eigenvalue weighted by molar-refractivity contribution is 7.91. The van der Waals surface area contributed by atoms with Crippen LogP contribution in [-0.4, -0.2) is 48.7 Å². The van der Waals surface area contributed by atoms with Crippen molar-refractivity contribution < 1.29 is 21.6 Å². The van der Waals surface area contributed by atoms with Crippen molar-refractivity contribution in [3.63, 3.8) is 0 Å². The average molecular weight is 451 g/mol. The first-order valence-electron chi connectivity index (χ1n) is 9.05. The molecule has 0 aliphatic carbocycles. The number of hydrogen-bond acceptors (Lipinski definition) is 7. The number of fused-ring (bicyclic) bond motifs is 1. The van der Waals surface area contributed by atoms with Crippen molar-refractivity contribution in [2.75, 3.05) is 5.75 Å². The van der Waals surface area contributed by atoms with E-state index in [4.69, 9.17) is 0 Å². The Hall–Kier alpha value is -3.35. The van der Waals surface area contributed by atoms with Crippen LogP contribution in [0.15, 0.2) is 35.5 Å². The van der Waals surface area contributed by atoms with Gasteiger partial charge in [0.15, 0.2) is 21.5 Å². The summed E-state index contributed by atoms with van der Waals surface area (Å²) in [6, 6.07) is 3.68. The minimum atomic E-state index is -4.64. The summed E-state index contributed by atoms with van der Waals surface area (Å²) >= 11 is 0. The molecule has 0 amide bonds. The van der Waals surface area contributed by atoms with Gasteiger partial charge < -0.3 is 4.57 Å². The lowest BCUT2D eigenvalue weighted by molar-refractivity contribution is -0.141. The molecule has 4 heterocycles. The molecule has 162 valence electrons. The summed E-state index contributed by atoms with van der Waals surface area (Å²) in [6.07, 6.45) is -1.68. The summed E-state index contributed by atoms with van der Waals surface area (Å²) in [5, 5.41) is 7.55. The second kappa shape index (κ2) is 7.11. The highest BCUT2D eigenvalue weighted by Gasteiger charge is 2.34. The van der Waals surface area contributed by atoms with Crippen LogP contribution < -0.4 is 0 Å². The largest absolute Gasteiger partial charge is 0.433 e. The van der Waals surface area contributed by atoms with E-state index in [-0.39, 0.29) is 39.2 Å². The number of nitrogens with zero attached hydrogens (tertiary/aromatic N) is 7. The van der Waals surface area contributed by atoms with Gasteiger partial charge in [-0.2, -0.15) is 13.2 Å². The van der Waals surface area contributed by atoms with Gasteiger partial charge in [0.2, 0.25) is 0 Å². The van der Waals surface area contributed by atoms with Crippen LogP contribution in [0.1, 0.15) is 18.3 Å². The third-order valence-electron chi connectivity index (χ3n) is 4.74. The topological polar surface area (TPSA) is 108 Å². The number of aryl methyl sites for hydroxylation is 2. The third kappa shape index (κ3) is 3.54. The van der Waals surface area contributed by atoms with E-state index >= 15 is 0 Å². The molecule has 0 aromatic carbocycles. The first kappa shape index (κ1) is 20.9. The fourth-order valence-corrected chi connectivity index (χ4v) is 4.28. The fourth-order valence-electron chi connectivity index (χ4n) is 3.26. The monoisotopic (exact) mass is 451 g/mol. The average Bonchev–Trinajstić information content (AvgIpc) is 3.35. The lowest BCUT2D eigenvalue weighted by atomic mass is 10.2. The summed E-state index contributed by atoms with van der Waals surface area (Å²) in [7, 11) is -2.15. The van der Waals surface area contributed by atoms with Crippen LogP contribution in [0.3, 0.4) is 0 Å². The SMILES string of the molecule is CCS(=O)(=O)c1ccc(-n2ccnn2)nc1-c1nc2cc(C(F)(F)F)nc(C)c2n1C. The summed E-state index contributed by atoms with van der Waals surface area (Å²) in [5.41, 5.74) is -0.589. The van der Waals surface area contributed by atoms with Gasteiger partial charge in [-0.15, -0.1) is 5.10 Å². The van der Waals surface area contributed by atoms with E-state index < -0.39 is 21.7 Å². The zero-order chi connectivity index (χ0) is 22.6. The molecule has 0 bridgehead atoms. The van der Waals surface area contributed by atoms with Gasteiger partial charge in [-0.3, -0.25) is 0 Å². The second-order valence-corrected chi connectivity index (χ2v) is 8.97. The quantitative estimate of drug-likeness (QED) is 0.469. The molecular formula is C18H16F3N7O2S. The Morgan fingerprint density at radius 3 is 2.48 bits per heavy atom. The standard InChI is InChI=1S/C18H16F3N7O2S/c1-4-31(29,30)12-5-6-14(28-8-7-22-26-28)25-15(12)17-24-11-9-13(18(19,20)21)23-10(2)16(11)27(17)3/h5-9H,4H2,1-3H3. The van der Waals surface area contributed by atoms with E-state index in [0.29, 0.717) is 5.52 Å². The zero-order valence-electron chi connectivity index (χ0n) is 16.6. The van der Waals surface area contributed by atoms with E-state index in [1.807, 2.05) is 0 Å². The van der Waals surface area contributed by atoms with Gasteiger partial charge >= 0.3 is 6.18 Å².